The molecule has 0 heterocycles. The van der Waals surface area contributed by atoms with E-state index in [-0.39, 0.29) is 19.4 Å². The molecule has 9 nitrogen and oxygen atoms in total. The normalized spacial score (nSPS) is 12.7. The molecule has 0 aliphatic carbocycles. The lowest BCUT2D eigenvalue weighted by atomic mass is 10.1. The third-order valence-corrected chi connectivity index (χ3v) is 3.83. The number of hydrogen-bond acceptors (Lipinski definition) is 6. The first-order chi connectivity index (χ1) is 13.0. The summed E-state index contributed by atoms with van der Waals surface area (Å²) in [6.07, 6.45) is 0.658. The summed E-state index contributed by atoms with van der Waals surface area (Å²) < 4.78 is 5.11. The Morgan fingerprint density at radius 1 is 0.963 bits per heavy atom. The van der Waals surface area contributed by atoms with Crippen LogP contribution in [0.2, 0.25) is 0 Å². The number of carboxylic acid groups (broad SMARTS) is 1. The van der Waals surface area contributed by atoms with Gasteiger partial charge in [-0.25, -0.2) is 9.59 Å². The Hall–Kier alpha value is -2.65. The summed E-state index contributed by atoms with van der Waals surface area (Å²) in [5.74, 6) is -1.74. The fourth-order valence-corrected chi connectivity index (χ4v) is 2.35. The van der Waals surface area contributed by atoms with E-state index in [0.29, 0.717) is 25.9 Å². The van der Waals surface area contributed by atoms with Gasteiger partial charge in [-0.05, 0) is 44.3 Å². The Balaban J connectivity index is 2.62. The highest BCUT2D eigenvalue weighted by Gasteiger charge is 2.26. The number of rotatable bonds is 12. The molecule has 0 aliphatic rings. The molecule has 0 aromatic heterocycles. The molecule has 0 saturated heterocycles. The number of carbonyl (C=O) groups excluding carboxylic acids is 2. The van der Waals surface area contributed by atoms with E-state index in [1.54, 1.807) is 12.1 Å². The molecule has 0 bridgehead atoms. The van der Waals surface area contributed by atoms with E-state index < -0.39 is 30.1 Å². The minimum Gasteiger partial charge on any atom is -0.480 e. The second-order valence-electron chi connectivity index (χ2n) is 6.02. The van der Waals surface area contributed by atoms with Crippen LogP contribution in [0.5, 0.6) is 0 Å². The molecule has 2 amide bonds. The van der Waals surface area contributed by atoms with E-state index in [1.165, 1.54) is 0 Å². The van der Waals surface area contributed by atoms with E-state index in [1.807, 2.05) is 18.2 Å². The summed E-state index contributed by atoms with van der Waals surface area (Å²) in [6, 6.07) is 7.10. The number of hydrogen-bond donors (Lipinski definition) is 5. The lowest BCUT2D eigenvalue weighted by molar-refractivity contribution is -0.142. The van der Waals surface area contributed by atoms with Crippen molar-refractivity contribution in [2.45, 2.75) is 44.4 Å². The highest BCUT2D eigenvalue weighted by molar-refractivity contribution is 5.89. The van der Waals surface area contributed by atoms with Crippen LogP contribution in [0.1, 0.15) is 31.2 Å². The third-order valence-electron chi connectivity index (χ3n) is 3.83. The molecule has 1 rings (SSSR count). The number of carbonyl (C=O) groups is 3. The predicted octanol–water partition coefficient (Wildman–Crippen LogP) is 0.329. The van der Waals surface area contributed by atoms with Gasteiger partial charge in [-0.15, -0.1) is 0 Å². The molecule has 0 radical (unpaired) electrons. The van der Waals surface area contributed by atoms with E-state index in [2.05, 4.69) is 10.6 Å². The lowest BCUT2D eigenvalue weighted by Crippen LogP contribution is -2.51. The maximum Gasteiger partial charge on any atom is 0.408 e. The fraction of sp³-hybridized carbons (Fsp3) is 0.500. The molecule has 27 heavy (non-hydrogen) atoms. The van der Waals surface area contributed by atoms with E-state index in [9.17, 15) is 19.5 Å². The van der Waals surface area contributed by atoms with Crippen LogP contribution < -0.4 is 22.1 Å². The SMILES string of the molecule is NCCC[C@H](NC(=O)[C@H](CCCN)NC(=O)OCc1ccccc1)C(=O)O. The van der Waals surface area contributed by atoms with Crippen LogP contribution in [-0.2, 0) is 20.9 Å². The number of alkyl carbamates (subject to hydrolysis) is 1. The Labute approximate surface area is 158 Å². The van der Waals surface area contributed by atoms with Crippen LogP contribution in [0.4, 0.5) is 4.79 Å². The average Bonchev–Trinajstić information content (AvgIpc) is 2.67. The zero-order valence-electron chi connectivity index (χ0n) is 15.2. The fourth-order valence-electron chi connectivity index (χ4n) is 2.35. The maximum absolute atomic E-state index is 12.4. The monoisotopic (exact) mass is 380 g/mol. The number of aliphatic carboxylic acids is 1. The van der Waals surface area contributed by atoms with Crippen molar-refractivity contribution >= 4 is 18.0 Å². The molecule has 0 fully saturated rings. The molecule has 0 spiro atoms. The molecule has 1 aromatic rings. The Morgan fingerprint density at radius 3 is 2.11 bits per heavy atom. The summed E-state index contributed by atoms with van der Waals surface area (Å²) in [6.45, 7) is 0.715. The van der Waals surface area contributed by atoms with E-state index >= 15 is 0 Å². The first-order valence-electron chi connectivity index (χ1n) is 8.88. The van der Waals surface area contributed by atoms with Crippen LogP contribution in [0.3, 0.4) is 0 Å². The molecule has 7 N–H and O–H groups in total. The number of benzene rings is 1. The molecule has 9 heteroatoms. The highest BCUT2D eigenvalue weighted by atomic mass is 16.5. The van der Waals surface area contributed by atoms with Gasteiger partial charge in [0.1, 0.15) is 18.7 Å². The molecule has 0 unspecified atom stereocenters. The van der Waals surface area contributed by atoms with Gasteiger partial charge in [0.2, 0.25) is 5.91 Å². The lowest BCUT2D eigenvalue weighted by Gasteiger charge is -2.21. The third kappa shape index (κ3) is 9.02. The molecule has 0 aliphatic heterocycles. The minimum absolute atomic E-state index is 0.0617. The summed E-state index contributed by atoms with van der Waals surface area (Å²) in [5.41, 5.74) is 11.7. The number of nitrogens with two attached hydrogens (primary N) is 2. The average molecular weight is 380 g/mol. The number of carboxylic acids is 1. The van der Waals surface area contributed by atoms with Gasteiger partial charge in [0, 0.05) is 0 Å². The summed E-state index contributed by atoms with van der Waals surface area (Å²) in [4.78, 5) is 35.7. The van der Waals surface area contributed by atoms with Crippen molar-refractivity contribution < 1.29 is 24.2 Å². The van der Waals surface area contributed by atoms with Gasteiger partial charge in [-0.3, -0.25) is 4.79 Å². The minimum atomic E-state index is -1.15. The zero-order valence-corrected chi connectivity index (χ0v) is 15.2. The van der Waals surface area contributed by atoms with Gasteiger partial charge >= 0.3 is 12.1 Å². The zero-order chi connectivity index (χ0) is 20.1. The maximum atomic E-state index is 12.4. The summed E-state index contributed by atoms with van der Waals surface area (Å²) >= 11 is 0. The smallest absolute Gasteiger partial charge is 0.408 e. The van der Waals surface area contributed by atoms with Crippen molar-refractivity contribution in [1.29, 1.82) is 0 Å². The van der Waals surface area contributed by atoms with Gasteiger partial charge < -0.3 is 31.9 Å². The largest absolute Gasteiger partial charge is 0.480 e. The molecule has 150 valence electrons. The van der Waals surface area contributed by atoms with Crippen molar-refractivity contribution in [2.75, 3.05) is 13.1 Å². The molecular formula is C18H28N4O5. The highest BCUT2D eigenvalue weighted by Crippen LogP contribution is 2.04. The van der Waals surface area contributed by atoms with Crippen molar-refractivity contribution in [3.05, 3.63) is 35.9 Å². The summed E-state index contributed by atoms with van der Waals surface area (Å²) in [5, 5.41) is 14.1. The Kier molecular flexibility index (Phi) is 10.5. The first-order valence-corrected chi connectivity index (χ1v) is 8.88. The van der Waals surface area contributed by atoms with Crippen LogP contribution in [0, 0.1) is 0 Å². The van der Waals surface area contributed by atoms with Crippen molar-refractivity contribution in [2.24, 2.45) is 11.5 Å². The molecule has 1 aromatic carbocycles. The Bertz CT molecular complexity index is 597. The number of nitrogens with one attached hydrogen (secondary N) is 2. The second kappa shape index (κ2) is 12.7. The second-order valence-corrected chi connectivity index (χ2v) is 6.02. The van der Waals surface area contributed by atoms with Crippen LogP contribution in [-0.4, -0.2) is 48.2 Å². The van der Waals surface area contributed by atoms with E-state index in [4.69, 9.17) is 16.2 Å². The van der Waals surface area contributed by atoms with Gasteiger partial charge in [-0.1, -0.05) is 30.3 Å². The molecular weight excluding hydrogens is 352 g/mol. The van der Waals surface area contributed by atoms with Gasteiger partial charge in [0.05, 0.1) is 0 Å². The van der Waals surface area contributed by atoms with Crippen LogP contribution >= 0.6 is 0 Å². The Morgan fingerprint density at radius 2 is 1.56 bits per heavy atom. The molecule has 2 atom stereocenters. The van der Waals surface area contributed by atoms with Crippen molar-refractivity contribution in [3.63, 3.8) is 0 Å². The van der Waals surface area contributed by atoms with Gasteiger partial charge in [-0.2, -0.15) is 0 Å². The number of amides is 2. The standard InChI is InChI=1S/C18H28N4O5/c19-10-4-8-14(16(23)21-15(17(24)25)9-5-11-20)22-18(26)27-12-13-6-2-1-3-7-13/h1-3,6-7,14-15H,4-5,8-12,19-20H2,(H,21,23)(H,22,26)(H,24,25)/t14-,15-/m0/s1. The van der Waals surface area contributed by atoms with Crippen molar-refractivity contribution in [3.8, 4) is 0 Å². The topological polar surface area (TPSA) is 157 Å². The first kappa shape index (κ1) is 22.4. The molecule has 0 saturated carbocycles. The predicted molar refractivity (Wildman–Crippen MR) is 99.7 cm³/mol. The van der Waals surface area contributed by atoms with Gasteiger partial charge in [0.15, 0.2) is 0 Å². The summed E-state index contributed by atoms with van der Waals surface area (Å²) in [7, 11) is 0. The van der Waals surface area contributed by atoms with Crippen molar-refractivity contribution in [1.82, 2.24) is 10.6 Å². The van der Waals surface area contributed by atoms with Crippen LogP contribution in [0.25, 0.3) is 0 Å². The van der Waals surface area contributed by atoms with E-state index in [0.717, 1.165) is 5.56 Å². The van der Waals surface area contributed by atoms with Gasteiger partial charge in [0.25, 0.3) is 0 Å². The number of ether oxygens (including phenoxy) is 1. The quantitative estimate of drug-likeness (QED) is 0.350. The van der Waals surface area contributed by atoms with Crippen LogP contribution in [0.15, 0.2) is 30.3 Å².